The molecule has 4 rings (SSSR count). The number of nitrogens with one attached hydrogen (secondary N) is 1. The number of benzene rings is 2. The van der Waals surface area contributed by atoms with E-state index in [-0.39, 0.29) is 4.90 Å². The lowest BCUT2D eigenvalue weighted by molar-refractivity contribution is -0.198. The van der Waals surface area contributed by atoms with Crippen LogP contribution in [0, 0.1) is 0 Å². The van der Waals surface area contributed by atoms with Gasteiger partial charge in [-0.15, -0.1) is 0 Å². The van der Waals surface area contributed by atoms with E-state index in [2.05, 4.69) is 22.5 Å². The van der Waals surface area contributed by atoms with E-state index in [0.717, 1.165) is 40.9 Å². The standard InChI is InChI=1S/C27H31N3O5S/c1-29(2)19-22-6-5-7-24(18-22)23-10-12-25(13-11-23)36(32,33)30-16-15-21(20-30)9-14-26(31)28-35-27-8-3-4-17-34-27/h5-7,9-16,18,20,27H,3-4,8,17,19H2,1-2H3,(H,28,31). The lowest BCUT2D eigenvalue weighted by atomic mass is 10.0. The molecule has 1 N–H and O–H groups in total. The maximum atomic E-state index is 13.1. The van der Waals surface area contributed by atoms with E-state index in [4.69, 9.17) is 9.57 Å². The minimum Gasteiger partial charge on any atom is -0.350 e. The minimum absolute atomic E-state index is 0.181. The summed E-state index contributed by atoms with van der Waals surface area (Å²) >= 11 is 0. The second kappa shape index (κ2) is 11.7. The number of hydroxylamine groups is 1. The van der Waals surface area contributed by atoms with Gasteiger partial charge in [0.15, 0.2) is 6.29 Å². The number of hydrogen-bond donors (Lipinski definition) is 1. The number of carbonyl (C=O) groups excluding carboxylic acids is 1. The Bertz CT molecular complexity index is 1310. The molecule has 1 aromatic heterocycles. The topological polar surface area (TPSA) is 89.9 Å². The third-order valence-electron chi connectivity index (χ3n) is 5.74. The van der Waals surface area contributed by atoms with Crippen molar-refractivity contribution in [3.05, 3.63) is 84.2 Å². The molecule has 9 heteroatoms. The fourth-order valence-corrected chi connectivity index (χ4v) is 5.13. The largest absolute Gasteiger partial charge is 0.350 e. The van der Waals surface area contributed by atoms with Crippen LogP contribution in [0.5, 0.6) is 0 Å². The van der Waals surface area contributed by atoms with Crippen LogP contribution in [0.2, 0.25) is 0 Å². The van der Waals surface area contributed by atoms with Crippen molar-refractivity contribution in [3.8, 4) is 11.1 Å². The molecule has 0 radical (unpaired) electrons. The Balaban J connectivity index is 1.40. The average Bonchev–Trinajstić information content (AvgIpc) is 3.37. The molecule has 0 saturated carbocycles. The van der Waals surface area contributed by atoms with Crippen LogP contribution in [-0.4, -0.2) is 50.2 Å². The molecule has 2 heterocycles. The van der Waals surface area contributed by atoms with Crippen molar-refractivity contribution in [2.24, 2.45) is 0 Å². The van der Waals surface area contributed by atoms with Crippen LogP contribution in [0.1, 0.15) is 30.4 Å². The molecule has 2 aromatic carbocycles. The molecule has 1 aliphatic heterocycles. The summed E-state index contributed by atoms with van der Waals surface area (Å²) in [6, 6.07) is 16.7. The molecule has 1 saturated heterocycles. The number of rotatable bonds is 9. The quantitative estimate of drug-likeness (QED) is 0.346. The zero-order chi connectivity index (χ0) is 25.5. The van der Waals surface area contributed by atoms with Gasteiger partial charge in [-0.25, -0.2) is 22.7 Å². The van der Waals surface area contributed by atoms with Crippen LogP contribution in [0.15, 0.2) is 78.0 Å². The van der Waals surface area contributed by atoms with Crippen molar-refractivity contribution in [1.29, 1.82) is 0 Å². The van der Waals surface area contributed by atoms with Crippen molar-refractivity contribution >= 4 is 22.0 Å². The van der Waals surface area contributed by atoms with Gasteiger partial charge >= 0.3 is 0 Å². The molecule has 1 amide bonds. The lowest BCUT2D eigenvalue weighted by Gasteiger charge is -2.21. The Kier molecular flexibility index (Phi) is 8.37. The van der Waals surface area contributed by atoms with Gasteiger partial charge in [0.1, 0.15) is 0 Å². The molecule has 8 nitrogen and oxygen atoms in total. The zero-order valence-corrected chi connectivity index (χ0v) is 21.3. The van der Waals surface area contributed by atoms with Crippen LogP contribution >= 0.6 is 0 Å². The Morgan fingerprint density at radius 3 is 2.67 bits per heavy atom. The molecule has 1 fully saturated rings. The van der Waals surface area contributed by atoms with Gasteiger partial charge in [0.05, 0.1) is 4.90 Å². The van der Waals surface area contributed by atoms with Crippen LogP contribution in [-0.2, 0) is 30.9 Å². The first-order chi connectivity index (χ1) is 17.3. The molecule has 1 unspecified atom stereocenters. The van der Waals surface area contributed by atoms with Gasteiger partial charge in [-0.1, -0.05) is 30.3 Å². The monoisotopic (exact) mass is 509 g/mol. The molecule has 0 spiro atoms. The molecule has 36 heavy (non-hydrogen) atoms. The third-order valence-corrected chi connectivity index (χ3v) is 7.39. The summed E-state index contributed by atoms with van der Waals surface area (Å²) in [5.41, 5.74) is 6.06. The SMILES string of the molecule is CN(C)Cc1cccc(-c2ccc(S(=O)(=O)n3ccc(C=CC(=O)NOC4CCCCO4)c3)cc2)c1. The first kappa shape index (κ1) is 25.8. The Hall–Kier alpha value is -3.24. The van der Waals surface area contributed by atoms with Crippen molar-refractivity contribution in [3.63, 3.8) is 0 Å². The van der Waals surface area contributed by atoms with Crippen LogP contribution in [0.4, 0.5) is 0 Å². The fraction of sp³-hybridized carbons (Fsp3) is 0.296. The Morgan fingerprint density at radius 1 is 1.14 bits per heavy atom. The maximum Gasteiger partial charge on any atom is 0.267 e. The first-order valence-corrected chi connectivity index (χ1v) is 13.3. The molecular weight excluding hydrogens is 478 g/mol. The van der Waals surface area contributed by atoms with Crippen LogP contribution in [0.25, 0.3) is 17.2 Å². The van der Waals surface area contributed by atoms with E-state index in [1.165, 1.54) is 30.1 Å². The number of amides is 1. The van der Waals surface area contributed by atoms with Crippen molar-refractivity contribution in [1.82, 2.24) is 14.4 Å². The second-order valence-corrected chi connectivity index (χ2v) is 10.8. The van der Waals surface area contributed by atoms with E-state index < -0.39 is 22.2 Å². The van der Waals surface area contributed by atoms with Gasteiger partial charge in [0.2, 0.25) is 0 Å². The molecule has 190 valence electrons. The molecular formula is C27H31N3O5S. The molecule has 0 aliphatic carbocycles. The predicted octanol–water partition coefficient (Wildman–Crippen LogP) is 4.04. The highest BCUT2D eigenvalue weighted by atomic mass is 32.2. The summed E-state index contributed by atoms with van der Waals surface area (Å²) in [5.74, 6) is -0.454. The van der Waals surface area contributed by atoms with Crippen molar-refractivity contribution < 1.29 is 22.8 Å². The average molecular weight is 510 g/mol. The maximum absolute atomic E-state index is 13.1. The Morgan fingerprint density at radius 2 is 1.94 bits per heavy atom. The highest BCUT2D eigenvalue weighted by Crippen LogP contribution is 2.24. The van der Waals surface area contributed by atoms with E-state index >= 15 is 0 Å². The highest BCUT2D eigenvalue weighted by molar-refractivity contribution is 7.90. The summed E-state index contributed by atoms with van der Waals surface area (Å²) < 4.78 is 32.7. The second-order valence-electron chi connectivity index (χ2n) is 8.96. The zero-order valence-electron chi connectivity index (χ0n) is 20.5. The smallest absolute Gasteiger partial charge is 0.267 e. The number of hydrogen-bond acceptors (Lipinski definition) is 6. The van der Waals surface area contributed by atoms with Crippen molar-refractivity contribution in [2.75, 3.05) is 20.7 Å². The van der Waals surface area contributed by atoms with Gasteiger partial charge in [-0.3, -0.25) is 4.79 Å². The number of ether oxygens (including phenoxy) is 1. The number of nitrogens with zero attached hydrogens (tertiary/aromatic N) is 2. The summed E-state index contributed by atoms with van der Waals surface area (Å²) in [6.45, 7) is 1.44. The van der Waals surface area contributed by atoms with Crippen LogP contribution < -0.4 is 5.48 Å². The molecule has 1 atom stereocenters. The summed E-state index contributed by atoms with van der Waals surface area (Å²) in [4.78, 5) is 19.5. The molecule has 1 aliphatic rings. The first-order valence-electron chi connectivity index (χ1n) is 11.8. The summed E-state index contributed by atoms with van der Waals surface area (Å²) in [6.07, 6.45) is 8.00. The van der Waals surface area contributed by atoms with Gasteiger partial charge < -0.3 is 9.64 Å². The van der Waals surface area contributed by atoms with E-state index in [1.807, 2.05) is 38.4 Å². The minimum atomic E-state index is -3.77. The van der Waals surface area contributed by atoms with Crippen LogP contribution in [0.3, 0.4) is 0 Å². The molecule has 0 bridgehead atoms. The Labute approximate surface area is 212 Å². The van der Waals surface area contributed by atoms with E-state index in [9.17, 15) is 13.2 Å². The van der Waals surface area contributed by atoms with Gasteiger partial charge in [0.25, 0.3) is 15.9 Å². The lowest BCUT2D eigenvalue weighted by Crippen LogP contribution is -2.32. The number of carbonyl (C=O) groups is 1. The third kappa shape index (κ3) is 6.70. The predicted molar refractivity (Wildman–Crippen MR) is 138 cm³/mol. The van der Waals surface area contributed by atoms with E-state index in [0.29, 0.717) is 12.2 Å². The normalized spacial score (nSPS) is 16.5. The number of aromatic nitrogens is 1. The highest BCUT2D eigenvalue weighted by Gasteiger charge is 2.17. The molecule has 3 aromatic rings. The van der Waals surface area contributed by atoms with E-state index in [1.54, 1.807) is 18.2 Å². The summed E-state index contributed by atoms with van der Waals surface area (Å²) in [5, 5.41) is 0. The fourth-order valence-electron chi connectivity index (χ4n) is 3.93. The van der Waals surface area contributed by atoms with Crippen molar-refractivity contribution in [2.45, 2.75) is 37.0 Å². The summed E-state index contributed by atoms with van der Waals surface area (Å²) in [7, 11) is 0.269. The van der Waals surface area contributed by atoms with Gasteiger partial charge in [0, 0.05) is 38.0 Å². The van der Waals surface area contributed by atoms with Gasteiger partial charge in [-0.2, -0.15) is 0 Å². The van der Waals surface area contributed by atoms with Gasteiger partial charge in [-0.05, 0) is 79.5 Å².